The first-order valence-corrected chi connectivity index (χ1v) is 9.09. The lowest BCUT2D eigenvalue weighted by atomic mass is 9.98. The van der Waals surface area contributed by atoms with Crippen molar-refractivity contribution in [3.8, 4) is 5.88 Å². The van der Waals surface area contributed by atoms with E-state index >= 15 is 0 Å². The van der Waals surface area contributed by atoms with Gasteiger partial charge in [-0.1, -0.05) is 6.92 Å². The molecule has 1 N–H and O–H groups in total. The summed E-state index contributed by atoms with van der Waals surface area (Å²) in [5.41, 5.74) is 3.79. The fourth-order valence-electron chi connectivity index (χ4n) is 3.41. The lowest BCUT2D eigenvalue weighted by molar-refractivity contribution is 0.214. The predicted octanol–water partition coefficient (Wildman–Crippen LogP) is 2.31. The Labute approximate surface area is 152 Å². The van der Waals surface area contributed by atoms with E-state index in [9.17, 15) is 0 Å². The molecule has 136 valence electrons. The lowest BCUT2D eigenvalue weighted by Gasteiger charge is -2.32. The minimum Gasteiger partial charge on any atom is -0.476 e. The van der Waals surface area contributed by atoms with Crippen LogP contribution in [-0.4, -0.2) is 49.8 Å². The van der Waals surface area contributed by atoms with Gasteiger partial charge in [-0.3, -0.25) is 0 Å². The minimum atomic E-state index is 0.513. The Morgan fingerprint density at radius 3 is 2.85 bits per heavy atom. The number of ether oxygens (including phenoxy) is 1. The largest absolute Gasteiger partial charge is 0.476 e. The summed E-state index contributed by atoms with van der Waals surface area (Å²) in [6.45, 7) is 6.66. The van der Waals surface area contributed by atoms with E-state index in [0.29, 0.717) is 24.1 Å². The predicted molar refractivity (Wildman–Crippen MR) is 98.3 cm³/mol. The molecule has 26 heavy (non-hydrogen) atoms. The Morgan fingerprint density at radius 2 is 2.04 bits per heavy atom. The highest BCUT2D eigenvalue weighted by Crippen LogP contribution is 2.26. The van der Waals surface area contributed by atoms with Gasteiger partial charge < -0.3 is 14.6 Å². The van der Waals surface area contributed by atoms with Crippen molar-refractivity contribution < 1.29 is 4.74 Å². The molecule has 0 saturated carbocycles. The molecule has 4 rings (SSSR count). The SMILES string of the molecule is CCc1cc(OCC2CCN(c3ncnc4nc[nH]c34)CC2)nnc1C. The van der Waals surface area contributed by atoms with E-state index in [4.69, 9.17) is 4.74 Å². The van der Waals surface area contributed by atoms with Crippen LogP contribution in [0, 0.1) is 12.8 Å². The maximum Gasteiger partial charge on any atom is 0.233 e. The molecular formula is C18H23N7O. The van der Waals surface area contributed by atoms with Crippen LogP contribution < -0.4 is 9.64 Å². The quantitative estimate of drug-likeness (QED) is 0.752. The average molecular weight is 353 g/mol. The number of aryl methyl sites for hydroxylation is 2. The lowest BCUT2D eigenvalue weighted by Crippen LogP contribution is -2.36. The zero-order chi connectivity index (χ0) is 17.9. The Kier molecular flexibility index (Phi) is 4.64. The third-order valence-electron chi connectivity index (χ3n) is 5.03. The molecule has 0 unspecified atom stereocenters. The van der Waals surface area contributed by atoms with E-state index in [0.717, 1.165) is 49.4 Å². The molecule has 8 heteroatoms. The summed E-state index contributed by atoms with van der Waals surface area (Å²) in [5.74, 6) is 2.08. The maximum atomic E-state index is 5.91. The highest BCUT2D eigenvalue weighted by Gasteiger charge is 2.23. The number of aromatic nitrogens is 6. The van der Waals surface area contributed by atoms with Crippen LogP contribution in [0.3, 0.4) is 0 Å². The van der Waals surface area contributed by atoms with Gasteiger partial charge in [-0.2, -0.15) is 5.10 Å². The number of H-pyrrole nitrogens is 1. The minimum absolute atomic E-state index is 0.513. The monoisotopic (exact) mass is 353 g/mol. The number of fused-ring (bicyclic) bond motifs is 1. The van der Waals surface area contributed by atoms with Gasteiger partial charge in [0, 0.05) is 19.2 Å². The van der Waals surface area contributed by atoms with Crippen LogP contribution in [0.1, 0.15) is 31.0 Å². The van der Waals surface area contributed by atoms with Crippen molar-refractivity contribution >= 4 is 17.0 Å². The van der Waals surface area contributed by atoms with Gasteiger partial charge in [0.05, 0.1) is 18.6 Å². The second-order valence-electron chi connectivity index (χ2n) is 6.69. The summed E-state index contributed by atoms with van der Waals surface area (Å²) in [5, 5.41) is 8.33. The third kappa shape index (κ3) is 3.31. The van der Waals surface area contributed by atoms with Crippen molar-refractivity contribution in [1.82, 2.24) is 30.1 Å². The molecule has 0 radical (unpaired) electrons. The van der Waals surface area contributed by atoms with Gasteiger partial charge in [-0.15, -0.1) is 5.10 Å². The number of rotatable bonds is 5. The molecule has 0 aliphatic carbocycles. The van der Waals surface area contributed by atoms with E-state index in [-0.39, 0.29) is 0 Å². The molecule has 0 amide bonds. The summed E-state index contributed by atoms with van der Waals surface area (Å²) >= 11 is 0. The first kappa shape index (κ1) is 16.7. The maximum absolute atomic E-state index is 5.91. The van der Waals surface area contributed by atoms with Crippen LogP contribution >= 0.6 is 0 Å². The van der Waals surface area contributed by atoms with Crippen LogP contribution in [0.2, 0.25) is 0 Å². The van der Waals surface area contributed by atoms with E-state index in [1.54, 1.807) is 12.7 Å². The van der Waals surface area contributed by atoms with Crippen LogP contribution in [0.25, 0.3) is 11.2 Å². The highest BCUT2D eigenvalue weighted by atomic mass is 16.5. The van der Waals surface area contributed by atoms with Crippen molar-refractivity contribution in [2.24, 2.45) is 5.92 Å². The number of hydrogen-bond acceptors (Lipinski definition) is 7. The molecule has 1 saturated heterocycles. The van der Waals surface area contributed by atoms with Gasteiger partial charge >= 0.3 is 0 Å². The summed E-state index contributed by atoms with van der Waals surface area (Å²) in [6, 6.07) is 2.01. The van der Waals surface area contributed by atoms with Gasteiger partial charge in [0.15, 0.2) is 11.5 Å². The van der Waals surface area contributed by atoms with Gasteiger partial charge in [0.2, 0.25) is 5.88 Å². The van der Waals surface area contributed by atoms with Crippen molar-refractivity contribution in [3.05, 3.63) is 30.0 Å². The van der Waals surface area contributed by atoms with Crippen LogP contribution in [0.4, 0.5) is 5.82 Å². The molecule has 1 aliphatic heterocycles. The molecule has 0 bridgehead atoms. The van der Waals surface area contributed by atoms with Gasteiger partial charge in [0.25, 0.3) is 0 Å². The number of nitrogens with zero attached hydrogens (tertiary/aromatic N) is 6. The van der Waals surface area contributed by atoms with Crippen LogP contribution in [0.5, 0.6) is 5.88 Å². The number of hydrogen-bond donors (Lipinski definition) is 1. The van der Waals surface area contributed by atoms with Crippen molar-refractivity contribution in [2.75, 3.05) is 24.6 Å². The summed E-state index contributed by atoms with van der Waals surface area (Å²) in [7, 11) is 0. The van der Waals surface area contributed by atoms with E-state index < -0.39 is 0 Å². The van der Waals surface area contributed by atoms with E-state index in [1.807, 2.05) is 13.0 Å². The number of anilines is 1. The molecule has 4 heterocycles. The molecule has 1 fully saturated rings. The van der Waals surface area contributed by atoms with Crippen molar-refractivity contribution in [3.63, 3.8) is 0 Å². The molecule has 0 atom stereocenters. The van der Waals surface area contributed by atoms with E-state index in [2.05, 4.69) is 42.0 Å². The number of piperidine rings is 1. The van der Waals surface area contributed by atoms with E-state index in [1.165, 1.54) is 5.56 Å². The standard InChI is InChI=1S/C18H23N7O/c1-3-14-8-15(24-23-12(14)2)26-9-13-4-6-25(7-5-13)18-16-17(20-10-19-16)21-11-22-18/h8,10-11,13H,3-7,9H2,1-2H3,(H,19,20,21,22). The summed E-state index contributed by atoms with van der Waals surface area (Å²) in [6.07, 6.45) is 6.29. The summed E-state index contributed by atoms with van der Waals surface area (Å²) < 4.78 is 5.91. The fraction of sp³-hybridized carbons (Fsp3) is 0.500. The summed E-state index contributed by atoms with van der Waals surface area (Å²) in [4.78, 5) is 18.3. The molecule has 1 aliphatic rings. The first-order chi connectivity index (χ1) is 12.7. The fourth-order valence-corrected chi connectivity index (χ4v) is 3.41. The van der Waals surface area contributed by atoms with Crippen molar-refractivity contribution in [1.29, 1.82) is 0 Å². The second kappa shape index (κ2) is 7.23. The van der Waals surface area contributed by atoms with Gasteiger partial charge in [-0.05, 0) is 37.7 Å². The Hall–Kier alpha value is -2.77. The zero-order valence-electron chi connectivity index (χ0n) is 15.1. The number of aromatic amines is 1. The molecule has 0 spiro atoms. The Bertz CT molecular complexity index is 886. The topological polar surface area (TPSA) is 92.7 Å². The molecule has 8 nitrogen and oxygen atoms in total. The Morgan fingerprint density at radius 1 is 1.19 bits per heavy atom. The highest BCUT2D eigenvalue weighted by molar-refractivity contribution is 5.82. The average Bonchev–Trinajstić information content (AvgIpc) is 3.17. The molecule has 3 aromatic heterocycles. The van der Waals surface area contributed by atoms with Gasteiger partial charge in [0.1, 0.15) is 11.8 Å². The zero-order valence-corrected chi connectivity index (χ0v) is 15.1. The number of imidazole rings is 1. The Balaban J connectivity index is 1.35. The molecular weight excluding hydrogens is 330 g/mol. The number of nitrogens with one attached hydrogen (secondary N) is 1. The molecule has 3 aromatic rings. The molecule has 0 aromatic carbocycles. The third-order valence-corrected chi connectivity index (χ3v) is 5.03. The van der Waals surface area contributed by atoms with Crippen molar-refractivity contribution in [2.45, 2.75) is 33.1 Å². The van der Waals surface area contributed by atoms with Gasteiger partial charge in [-0.25, -0.2) is 15.0 Å². The smallest absolute Gasteiger partial charge is 0.233 e. The normalized spacial score (nSPS) is 15.5. The van der Waals surface area contributed by atoms with Crippen LogP contribution in [-0.2, 0) is 6.42 Å². The first-order valence-electron chi connectivity index (χ1n) is 9.09. The second-order valence-corrected chi connectivity index (χ2v) is 6.69. The van der Waals surface area contributed by atoms with Crippen LogP contribution in [0.15, 0.2) is 18.7 Å².